The molecule has 110 valence electrons. The van der Waals surface area contributed by atoms with Crippen LogP contribution in [0.25, 0.3) is 0 Å². The van der Waals surface area contributed by atoms with Crippen LogP contribution in [0.4, 0.5) is 4.79 Å². The van der Waals surface area contributed by atoms with E-state index in [-0.39, 0.29) is 24.5 Å². The van der Waals surface area contributed by atoms with E-state index < -0.39 is 12.0 Å². The molecule has 0 spiro atoms. The fourth-order valence-corrected chi connectivity index (χ4v) is 2.23. The number of piperidine rings is 1. The van der Waals surface area contributed by atoms with Gasteiger partial charge in [-0.15, -0.1) is 0 Å². The third-order valence-corrected chi connectivity index (χ3v) is 4.12. The summed E-state index contributed by atoms with van der Waals surface area (Å²) < 4.78 is 0. The first-order valence-corrected chi connectivity index (χ1v) is 6.81. The molecule has 3 N–H and O–H groups in total. The van der Waals surface area contributed by atoms with Gasteiger partial charge in [0.1, 0.15) is 6.04 Å². The van der Waals surface area contributed by atoms with Crippen molar-refractivity contribution < 1.29 is 19.8 Å². The van der Waals surface area contributed by atoms with Crippen LogP contribution in [0.15, 0.2) is 0 Å². The quantitative estimate of drug-likeness (QED) is 0.697. The van der Waals surface area contributed by atoms with Crippen LogP contribution in [0, 0.1) is 5.41 Å². The highest BCUT2D eigenvalue weighted by atomic mass is 16.4. The van der Waals surface area contributed by atoms with Crippen molar-refractivity contribution in [3.05, 3.63) is 0 Å². The van der Waals surface area contributed by atoms with E-state index in [1.165, 1.54) is 0 Å². The second-order valence-corrected chi connectivity index (χ2v) is 5.50. The highest BCUT2D eigenvalue weighted by molar-refractivity contribution is 5.82. The molecule has 1 aliphatic heterocycles. The summed E-state index contributed by atoms with van der Waals surface area (Å²) in [4.78, 5) is 24.5. The van der Waals surface area contributed by atoms with Crippen LogP contribution in [-0.2, 0) is 4.79 Å². The summed E-state index contributed by atoms with van der Waals surface area (Å²) in [5, 5.41) is 20.2. The van der Waals surface area contributed by atoms with Gasteiger partial charge in [-0.3, -0.25) is 0 Å². The van der Waals surface area contributed by atoms with Gasteiger partial charge in [0.15, 0.2) is 0 Å². The Morgan fingerprint density at radius 2 is 1.95 bits per heavy atom. The molecule has 6 heteroatoms. The number of aliphatic hydroxyl groups excluding tert-OH is 1. The van der Waals surface area contributed by atoms with Crippen LogP contribution < -0.4 is 5.32 Å². The zero-order valence-corrected chi connectivity index (χ0v) is 11.7. The van der Waals surface area contributed by atoms with Crippen molar-refractivity contribution in [2.24, 2.45) is 5.41 Å². The van der Waals surface area contributed by atoms with E-state index in [1.807, 2.05) is 0 Å². The molecule has 2 amide bonds. The Balaban J connectivity index is 2.49. The summed E-state index contributed by atoms with van der Waals surface area (Å²) in [6, 6.07) is -1.36. The molecule has 0 aromatic heterocycles. The van der Waals surface area contributed by atoms with Crippen molar-refractivity contribution in [3.8, 4) is 0 Å². The zero-order chi connectivity index (χ0) is 14.5. The largest absolute Gasteiger partial charge is 0.480 e. The van der Waals surface area contributed by atoms with E-state index in [9.17, 15) is 9.59 Å². The predicted molar refractivity (Wildman–Crippen MR) is 70.9 cm³/mol. The van der Waals surface area contributed by atoms with Crippen LogP contribution in [-0.4, -0.2) is 52.9 Å². The summed E-state index contributed by atoms with van der Waals surface area (Å²) >= 11 is 0. The van der Waals surface area contributed by atoms with Crippen molar-refractivity contribution in [1.82, 2.24) is 10.2 Å². The molecule has 0 saturated carbocycles. The number of nitrogens with zero attached hydrogens (tertiary/aromatic N) is 1. The number of carboxylic acids is 1. The molecule has 1 heterocycles. The van der Waals surface area contributed by atoms with Gasteiger partial charge < -0.3 is 20.4 Å². The monoisotopic (exact) mass is 272 g/mol. The number of hydrogen-bond donors (Lipinski definition) is 3. The lowest BCUT2D eigenvalue weighted by atomic mass is 9.78. The van der Waals surface area contributed by atoms with Gasteiger partial charge in [-0.25, -0.2) is 9.59 Å². The maximum atomic E-state index is 12.0. The lowest BCUT2D eigenvalue weighted by Crippen LogP contribution is -2.51. The van der Waals surface area contributed by atoms with Crippen molar-refractivity contribution in [1.29, 1.82) is 0 Å². The van der Waals surface area contributed by atoms with Gasteiger partial charge in [-0.05, 0) is 18.3 Å². The third-order valence-electron chi connectivity index (χ3n) is 4.12. The number of hydrogen-bond acceptors (Lipinski definition) is 3. The molecule has 0 unspecified atom stereocenters. The number of rotatable bonds is 5. The second-order valence-electron chi connectivity index (χ2n) is 5.50. The number of amides is 2. The van der Waals surface area contributed by atoms with E-state index in [2.05, 4.69) is 19.2 Å². The Bertz CT molecular complexity index is 325. The highest BCUT2D eigenvalue weighted by Crippen LogP contribution is 2.33. The molecule has 1 aliphatic rings. The van der Waals surface area contributed by atoms with Crippen molar-refractivity contribution in [3.63, 3.8) is 0 Å². The molecule has 1 rings (SSSR count). The Hall–Kier alpha value is -1.30. The molecule has 0 aromatic rings. The minimum Gasteiger partial charge on any atom is -0.480 e. The van der Waals surface area contributed by atoms with E-state index in [0.717, 1.165) is 19.3 Å². The van der Waals surface area contributed by atoms with Gasteiger partial charge in [0, 0.05) is 26.1 Å². The molecule has 1 saturated heterocycles. The standard InChI is InChI=1S/C13H24N2O4/c1-3-13(2)5-7-15(8-6-13)12(19)14-10(4-9-16)11(17)18/h10,16H,3-9H2,1-2H3,(H,14,19)(H,17,18)/t10-/m0/s1. The number of aliphatic hydroxyl groups is 1. The first-order valence-electron chi connectivity index (χ1n) is 6.81. The molecule has 0 aromatic carbocycles. The van der Waals surface area contributed by atoms with Crippen LogP contribution in [0.2, 0.25) is 0 Å². The number of nitrogens with one attached hydrogen (secondary N) is 1. The topological polar surface area (TPSA) is 89.9 Å². The van der Waals surface area contributed by atoms with E-state index >= 15 is 0 Å². The second kappa shape index (κ2) is 6.75. The Kier molecular flexibility index (Phi) is 5.60. The molecular weight excluding hydrogens is 248 g/mol. The normalized spacial score (nSPS) is 19.8. The summed E-state index contributed by atoms with van der Waals surface area (Å²) in [5.41, 5.74) is 0.286. The Morgan fingerprint density at radius 1 is 1.37 bits per heavy atom. The van der Waals surface area contributed by atoms with E-state index in [1.54, 1.807) is 4.90 Å². The lowest BCUT2D eigenvalue weighted by Gasteiger charge is -2.39. The van der Waals surface area contributed by atoms with Crippen LogP contribution in [0.5, 0.6) is 0 Å². The van der Waals surface area contributed by atoms with Crippen LogP contribution in [0.1, 0.15) is 39.5 Å². The fraction of sp³-hybridized carbons (Fsp3) is 0.846. The van der Waals surface area contributed by atoms with Crippen molar-refractivity contribution in [2.45, 2.75) is 45.6 Å². The molecule has 6 nitrogen and oxygen atoms in total. The van der Waals surface area contributed by atoms with Gasteiger partial charge in [-0.2, -0.15) is 0 Å². The molecule has 1 fully saturated rings. The van der Waals surface area contributed by atoms with E-state index in [0.29, 0.717) is 13.1 Å². The number of carboxylic acid groups (broad SMARTS) is 1. The molecule has 19 heavy (non-hydrogen) atoms. The maximum Gasteiger partial charge on any atom is 0.326 e. The van der Waals surface area contributed by atoms with Crippen molar-refractivity contribution in [2.75, 3.05) is 19.7 Å². The number of urea groups is 1. The Morgan fingerprint density at radius 3 is 2.37 bits per heavy atom. The first-order chi connectivity index (χ1) is 8.91. The number of aliphatic carboxylic acids is 1. The zero-order valence-electron chi connectivity index (χ0n) is 11.7. The molecule has 1 atom stereocenters. The highest BCUT2D eigenvalue weighted by Gasteiger charge is 2.31. The summed E-state index contributed by atoms with van der Waals surface area (Å²) in [5.74, 6) is -1.11. The average Bonchev–Trinajstić information content (AvgIpc) is 2.38. The number of carbonyl (C=O) groups is 2. The summed E-state index contributed by atoms with van der Waals surface area (Å²) in [7, 11) is 0. The minimum absolute atomic E-state index is 0.0294. The van der Waals surface area contributed by atoms with Gasteiger partial charge >= 0.3 is 12.0 Å². The third kappa shape index (κ3) is 4.38. The maximum absolute atomic E-state index is 12.0. The molecule has 0 radical (unpaired) electrons. The number of carbonyl (C=O) groups excluding carboxylic acids is 1. The molecule has 0 aliphatic carbocycles. The van der Waals surface area contributed by atoms with E-state index in [4.69, 9.17) is 10.2 Å². The minimum atomic E-state index is -1.11. The molecular formula is C13H24N2O4. The van der Waals surface area contributed by atoms with Gasteiger partial charge in [0.2, 0.25) is 0 Å². The molecule has 0 bridgehead atoms. The van der Waals surface area contributed by atoms with Crippen LogP contribution >= 0.6 is 0 Å². The fourth-order valence-electron chi connectivity index (χ4n) is 2.23. The first kappa shape index (κ1) is 15.8. The average molecular weight is 272 g/mol. The van der Waals surface area contributed by atoms with Gasteiger partial charge in [0.25, 0.3) is 0 Å². The summed E-state index contributed by atoms with van der Waals surface area (Å²) in [6.07, 6.45) is 3.00. The Labute approximate surface area is 113 Å². The van der Waals surface area contributed by atoms with Gasteiger partial charge in [0.05, 0.1) is 0 Å². The smallest absolute Gasteiger partial charge is 0.326 e. The predicted octanol–water partition coefficient (Wildman–Crippen LogP) is 1.04. The van der Waals surface area contributed by atoms with Gasteiger partial charge in [-0.1, -0.05) is 20.3 Å². The lowest BCUT2D eigenvalue weighted by molar-refractivity contribution is -0.139. The van der Waals surface area contributed by atoms with Crippen LogP contribution in [0.3, 0.4) is 0 Å². The SMILES string of the molecule is CCC1(C)CCN(C(=O)N[C@@H](CCO)C(=O)O)CC1. The summed E-state index contributed by atoms with van der Waals surface area (Å²) in [6.45, 7) is 5.42. The van der Waals surface area contributed by atoms with Crippen molar-refractivity contribution >= 4 is 12.0 Å². The number of likely N-dealkylation sites (tertiary alicyclic amines) is 1.